The standard InChI is InChI=1S/C24H30N2O6/c1-5-25(6-2)15-9-11-17(19(27)13-15)21-22(29)23(30,24(21,31)32)18-12-10-16(14-20(18)28)26(7-3)8-4/h9-14,28,30-32H,5-8H2,1-4H3. The third-order valence-corrected chi connectivity index (χ3v) is 6.27. The summed E-state index contributed by atoms with van der Waals surface area (Å²) in [5, 5.41) is 43.0. The Balaban J connectivity index is 2.00. The highest BCUT2D eigenvalue weighted by molar-refractivity contribution is 6.21. The maximum Gasteiger partial charge on any atom is 0.236 e. The summed E-state index contributed by atoms with van der Waals surface area (Å²) in [4.78, 5) is 29.6. The average molecular weight is 443 g/mol. The van der Waals surface area contributed by atoms with Gasteiger partial charge in [0.2, 0.25) is 17.2 Å². The van der Waals surface area contributed by atoms with Gasteiger partial charge >= 0.3 is 0 Å². The number of nitrogens with zero attached hydrogens (tertiary/aromatic N) is 2. The minimum Gasteiger partial charge on any atom is -0.507 e. The summed E-state index contributed by atoms with van der Waals surface area (Å²) in [6.45, 7) is 10.5. The van der Waals surface area contributed by atoms with Crippen LogP contribution in [0, 0.1) is 0 Å². The van der Waals surface area contributed by atoms with E-state index in [1.165, 1.54) is 24.3 Å². The largest absolute Gasteiger partial charge is 0.507 e. The summed E-state index contributed by atoms with van der Waals surface area (Å²) in [6, 6.07) is 4.24. The minimum absolute atomic E-state index is 0.195. The number of hydrogen-bond acceptors (Lipinski definition) is 8. The van der Waals surface area contributed by atoms with Crippen LogP contribution in [0.25, 0.3) is 0 Å². The van der Waals surface area contributed by atoms with E-state index >= 15 is 0 Å². The number of hydrogen-bond donors (Lipinski definition) is 4. The number of allylic oxidation sites excluding steroid dienone is 4. The van der Waals surface area contributed by atoms with Crippen LogP contribution in [0.15, 0.2) is 53.3 Å². The van der Waals surface area contributed by atoms with Crippen molar-refractivity contribution in [3.05, 3.63) is 58.8 Å². The molecule has 1 fully saturated rings. The molecule has 0 spiro atoms. The fraction of sp³-hybridized carbons (Fsp3) is 0.417. The van der Waals surface area contributed by atoms with Crippen molar-refractivity contribution in [3.8, 4) is 5.75 Å². The summed E-state index contributed by atoms with van der Waals surface area (Å²) in [5.41, 5.74) is -2.61. The SMILES string of the molecule is CCN(CC)C1=CC(=O)C(=C2C(=O)C(O)(c3ccc(N(CC)CC)cc3O)C2(O)O)C=C1. The molecule has 8 nitrogen and oxygen atoms in total. The number of ketones is 2. The lowest BCUT2D eigenvalue weighted by Gasteiger charge is -2.49. The number of aliphatic hydroxyl groups is 3. The van der Waals surface area contributed by atoms with Gasteiger partial charge in [-0.05, 0) is 52.0 Å². The first-order chi connectivity index (χ1) is 15.1. The number of aromatic hydroxyl groups is 1. The second-order valence-electron chi connectivity index (χ2n) is 7.81. The molecule has 0 aliphatic heterocycles. The molecular formula is C24H30N2O6. The predicted molar refractivity (Wildman–Crippen MR) is 120 cm³/mol. The van der Waals surface area contributed by atoms with E-state index in [1.807, 2.05) is 37.5 Å². The molecule has 0 heterocycles. The molecule has 3 rings (SSSR count). The van der Waals surface area contributed by atoms with Crippen LogP contribution in [0.4, 0.5) is 5.69 Å². The van der Waals surface area contributed by atoms with Gasteiger partial charge in [0, 0.05) is 60.8 Å². The molecule has 2 aliphatic rings. The van der Waals surface area contributed by atoms with E-state index in [9.17, 15) is 30.0 Å². The van der Waals surface area contributed by atoms with Gasteiger partial charge in [0.1, 0.15) is 5.75 Å². The van der Waals surface area contributed by atoms with Crippen molar-refractivity contribution in [1.82, 2.24) is 4.90 Å². The maximum atomic E-state index is 13.0. The number of rotatable bonds is 7. The number of likely N-dealkylation sites (N-methyl/N-ethyl adjacent to an activating group) is 1. The van der Waals surface area contributed by atoms with E-state index in [2.05, 4.69) is 0 Å². The van der Waals surface area contributed by atoms with Crippen molar-refractivity contribution in [3.63, 3.8) is 0 Å². The van der Waals surface area contributed by atoms with Crippen molar-refractivity contribution < 1.29 is 30.0 Å². The third kappa shape index (κ3) is 3.35. The van der Waals surface area contributed by atoms with Crippen LogP contribution in [0.3, 0.4) is 0 Å². The predicted octanol–water partition coefficient (Wildman–Crippen LogP) is 1.35. The molecule has 0 radical (unpaired) electrons. The Hall–Kier alpha value is -2.94. The van der Waals surface area contributed by atoms with Crippen molar-refractivity contribution in [2.24, 2.45) is 0 Å². The van der Waals surface area contributed by atoms with Gasteiger partial charge < -0.3 is 30.2 Å². The summed E-state index contributed by atoms with van der Waals surface area (Å²) in [5.74, 6) is -5.10. The minimum atomic E-state index is -3.05. The Kier molecular flexibility index (Phi) is 6.33. The van der Waals surface area contributed by atoms with Crippen LogP contribution in [-0.4, -0.2) is 68.9 Å². The fourth-order valence-corrected chi connectivity index (χ4v) is 4.35. The molecule has 0 aromatic heterocycles. The lowest BCUT2D eigenvalue weighted by molar-refractivity contribution is -0.274. The number of carbonyl (C=O) groups is 2. The summed E-state index contributed by atoms with van der Waals surface area (Å²) in [7, 11) is 0. The van der Waals surface area contributed by atoms with Crippen molar-refractivity contribution in [2.45, 2.75) is 39.1 Å². The first kappa shape index (κ1) is 23.7. The molecule has 1 atom stereocenters. The van der Waals surface area contributed by atoms with Crippen molar-refractivity contribution in [1.29, 1.82) is 0 Å². The maximum absolute atomic E-state index is 13.0. The first-order valence-corrected chi connectivity index (χ1v) is 10.8. The van der Waals surface area contributed by atoms with Gasteiger partial charge in [-0.2, -0.15) is 0 Å². The zero-order chi connectivity index (χ0) is 23.8. The third-order valence-electron chi connectivity index (χ3n) is 6.27. The molecule has 1 aromatic carbocycles. The van der Waals surface area contributed by atoms with Crippen LogP contribution >= 0.6 is 0 Å². The Morgan fingerprint density at radius 1 is 0.875 bits per heavy atom. The van der Waals surface area contributed by atoms with Crippen LogP contribution in [-0.2, 0) is 15.2 Å². The smallest absolute Gasteiger partial charge is 0.236 e. The van der Waals surface area contributed by atoms with Crippen molar-refractivity contribution in [2.75, 3.05) is 31.1 Å². The fourth-order valence-electron chi connectivity index (χ4n) is 4.35. The van der Waals surface area contributed by atoms with Gasteiger partial charge in [-0.15, -0.1) is 0 Å². The lowest BCUT2D eigenvalue weighted by Crippen LogP contribution is -2.70. The Labute approximate surface area is 187 Å². The molecule has 0 bridgehead atoms. The Bertz CT molecular complexity index is 1030. The van der Waals surface area contributed by atoms with E-state index < -0.39 is 34.3 Å². The molecule has 0 saturated heterocycles. The highest BCUT2D eigenvalue weighted by Gasteiger charge is 2.71. The first-order valence-electron chi connectivity index (χ1n) is 10.8. The summed E-state index contributed by atoms with van der Waals surface area (Å²) < 4.78 is 0. The number of benzene rings is 1. The highest BCUT2D eigenvalue weighted by atomic mass is 16.5. The van der Waals surface area contributed by atoms with Gasteiger partial charge in [0.15, 0.2) is 5.78 Å². The number of phenols is 1. The molecule has 1 unspecified atom stereocenters. The van der Waals surface area contributed by atoms with Gasteiger partial charge in [-0.1, -0.05) is 0 Å². The Morgan fingerprint density at radius 3 is 1.94 bits per heavy atom. The van der Waals surface area contributed by atoms with Gasteiger partial charge in [-0.25, -0.2) is 0 Å². The second-order valence-corrected chi connectivity index (χ2v) is 7.81. The highest BCUT2D eigenvalue weighted by Crippen LogP contribution is 2.53. The molecule has 32 heavy (non-hydrogen) atoms. The lowest BCUT2D eigenvalue weighted by atomic mass is 9.62. The van der Waals surface area contributed by atoms with E-state index in [0.717, 1.165) is 0 Å². The van der Waals surface area contributed by atoms with E-state index in [0.29, 0.717) is 37.6 Å². The summed E-state index contributed by atoms with van der Waals surface area (Å²) in [6.07, 6.45) is 4.30. The van der Waals surface area contributed by atoms with Gasteiger partial charge in [0.05, 0.1) is 5.57 Å². The zero-order valence-corrected chi connectivity index (χ0v) is 18.8. The molecular weight excluding hydrogens is 412 g/mol. The topological polar surface area (TPSA) is 122 Å². The zero-order valence-electron chi connectivity index (χ0n) is 18.8. The molecule has 2 aliphatic carbocycles. The molecule has 8 heteroatoms. The van der Waals surface area contributed by atoms with E-state index in [4.69, 9.17) is 0 Å². The van der Waals surface area contributed by atoms with Crippen LogP contribution < -0.4 is 4.90 Å². The second kappa shape index (κ2) is 8.54. The van der Waals surface area contributed by atoms with E-state index in [1.54, 1.807) is 12.1 Å². The van der Waals surface area contributed by atoms with Crippen molar-refractivity contribution >= 4 is 17.3 Å². The van der Waals surface area contributed by atoms with Gasteiger partial charge in [0.25, 0.3) is 0 Å². The number of anilines is 1. The summed E-state index contributed by atoms with van der Waals surface area (Å²) >= 11 is 0. The quantitative estimate of drug-likeness (QED) is 0.369. The number of Topliss-reactive ketones (excluding diaryl/α,β-unsaturated/α-hetero) is 1. The average Bonchev–Trinajstić information content (AvgIpc) is 2.76. The molecule has 172 valence electrons. The molecule has 4 N–H and O–H groups in total. The van der Waals surface area contributed by atoms with Crippen LogP contribution in [0.5, 0.6) is 5.75 Å². The van der Waals surface area contributed by atoms with Crippen LogP contribution in [0.2, 0.25) is 0 Å². The molecule has 1 aromatic rings. The number of phenolic OH excluding ortho intramolecular Hbond substituents is 1. The monoisotopic (exact) mass is 442 g/mol. The van der Waals surface area contributed by atoms with Gasteiger partial charge in [-0.3, -0.25) is 9.59 Å². The Morgan fingerprint density at radius 2 is 1.47 bits per heavy atom. The molecule has 0 amide bonds. The normalized spacial score (nSPS) is 24.3. The molecule has 1 saturated carbocycles. The number of carbonyl (C=O) groups excluding carboxylic acids is 2. The van der Waals surface area contributed by atoms with E-state index in [-0.39, 0.29) is 11.1 Å². The van der Waals surface area contributed by atoms with Crippen LogP contribution in [0.1, 0.15) is 33.3 Å².